The molecule has 6 nitrogen and oxygen atoms in total. The molecule has 0 fully saturated rings. The summed E-state index contributed by atoms with van der Waals surface area (Å²) in [6.45, 7) is 22.7. The Kier molecular flexibility index (Phi) is 17.1. The number of carboxylic acids is 2. The summed E-state index contributed by atoms with van der Waals surface area (Å²) in [6.07, 6.45) is 0. The Morgan fingerprint density at radius 2 is 0.692 bits per heavy atom. The van der Waals surface area contributed by atoms with Crippen LogP contribution in [-0.4, -0.2) is 24.0 Å². The number of rotatable bonds is 6. The van der Waals surface area contributed by atoms with Crippen LogP contribution in [-0.2, 0) is 9.59 Å². The van der Waals surface area contributed by atoms with E-state index in [9.17, 15) is 0 Å². The van der Waals surface area contributed by atoms with Crippen molar-refractivity contribution in [3.05, 3.63) is 0 Å². The zero-order valence-electron chi connectivity index (χ0n) is 18.7. The van der Waals surface area contributed by atoms with Gasteiger partial charge in [0.1, 0.15) is 0 Å². The molecule has 0 radical (unpaired) electrons. The minimum atomic E-state index is -2.19. The maximum absolute atomic E-state index is 8.93. The van der Waals surface area contributed by atoms with Gasteiger partial charge in [-0.15, -0.1) is 0 Å². The van der Waals surface area contributed by atoms with Crippen molar-refractivity contribution in [3.63, 3.8) is 0 Å². The quantitative estimate of drug-likeness (QED) is 0.608. The van der Waals surface area contributed by atoms with Crippen LogP contribution in [0.4, 0.5) is 0 Å². The fraction of sp³-hybridized carbons (Fsp3) is 0.900. The van der Waals surface area contributed by atoms with Crippen molar-refractivity contribution >= 4 is 11.9 Å². The molecule has 0 rings (SSSR count). The third kappa shape index (κ3) is 15.1. The van der Waals surface area contributed by atoms with E-state index in [4.69, 9.17) is 19.8 Å². The lowest BCUT2D eigenvalue weighted by molar-refractivity contribution is -0.433. The van der Waals surface area contributed by atoms with E-state index in [0.29, 0.717) is 12.1 Å². The highest BCUT2D eigenvalue weighted by Gasteiger charge is 2.24. The number of carbonyl (C=O) groups excluding carboxylic acids is 2. The molecule has 0 saturated heterocycles. The summed E-state index contributed by atoms with van der Waals surface area (Å²) in [5.41, 5.74) is 8.16. The van der Waals surface area contributed by atoms with Gasteiger partial charge in [-0.1, -0.05) is 55.4 Å². The van der Waals surface area contributed by atoms with Gasteiger partial charge in [0.15, 0.2) is 0 Å². The molecule has 0 heterocycles. The minimum absolute atomic E-state index is 0.583. The maximum atomic E-state index is 8.93. The molecule has 0 aromatic heterocycles. The van der Waals surface area contributed by atoms with Crippen LogP contribution in [0.25, 0.3) is 0 Å². The number of aliphatic carboxylic acids is 2. The predicted octanol–water partition coefficient (Wildman–Crippen LogP) is -0.424. The highest BCUT2D eigenvalue weighted by molar-refractivity contribution is 6.25. The number of hydrogen-bond donors (Lipinski definition) is 2. The summed E-state index contributed by atoms with van der Waals surface area (Å²) in [4.78, 5) is 17.9. The van der Waals surface area contributed by atoms with Crippen molar-refractivity contribution in [1.82, 2.24) is 0 Å². The van der Waals surface area contributed by atoms with Crippen LogP contribution in [0.3, 0.4) is 0 Å². The van der Waals surface area contributed by atoms with Crippen LogP contribution in [0.15, 0.2) is 0 Å². The first-order valence-corrected chi connectivity index (χ1v) is 9.66. The second kappa shape index (κ2) is 15.0. The Morgan fingerprint density at radius 3 is 0.692 bits per heavy atom. The Labute approximate surface area is 160 Å². The molecule has 0 amide bonds. The van der Waals surface area contributed by atoms with Crippen LogP contribution < -0.4 is 21.7 Å². The lowest BCUT2D eigenvalue weighted by Gasteiger charge is -2.25. The summed E-state index contributed by atoms with van der Waals surface area (Å²) in [5, 5.41) is 17.9. The zero-order chi connectivity index (χ0) is 21.8. The van der Waals surface area contributed by atoms with Gasteiger partial charge in [0.05, 0.1) is 24.0 Å². The van der Waals surface area contributed by atoms with Gasteiger partial charge in [-0.2, -0.15) is 0 Å². The van der Waals surface area contributed by atoms with Crippen molar-refractivity contribution < 1.29 is 31.3 Å². The van der Waals surface area contributed by atoms with Gasteiger partial charge >= 0.3 is 0 Å². The summed E-state index contributed by atoms with van der Waals surface area (Å²) < 4.78 is 0. The van der Waals surface area contributed by atoms with Crippen molar-refractivity contribution in [3.8, 4) is 0 Å². The topological polar surface area (TPSA) is 136 Å². The summed E-state index contributed by atoms with van der Waals surface area (Å²) in [6, 6.07) is 1.17. The standard InChI is InChI=1S/2C9H21N.C2H2O4/c2*1-6(2)9(7(3)4)8(5)10;3-1(4)2(5)6/h2*6-9H,10H2,1-5H3;(H,3,4)(H,5,6). The highest BCUT2D eigenvalue weighted by atomic mass is 16.4. The molecule has 2 unspecified atom stereocenters. The molecule has 6 heteroatoms. The number of hydrogen-bond acceptors (Lipinski definition) is 4. The van der Waals surface area contributed by atoms with Gasteiger partial charge in [-0.05, 0) is 37.5 Å². The monoisotopic (exact) mass is 376 g/mol. The molecule has 26 heavy (non-hydrogen) atoms. The van der Waals surface area contributed by atoms with Crippen LogP contribution in [0.1, 0.15) is 69.2 Å². The molecule has 0 aliphatic carbocycles. The Balaban J connectivity index is -0.000000316. The molecule has 0 bridgehead atoms. The largest absolute Gasteiger partial charge is 0.543 e. The van der Waals surface area contributed by atoms with Crippen LogP contribution in [0.2, 0.25) is 0 Å². The lowest BCUT2D eigenvalue weighted by Crippen LogP contribution is -2.64. The average molecular weight is 377 g/mol. The molecule has 6 N–H and O–H groups in total. The minimum Gasteiger partial charge on any atom is -0.543 e. The summed E-state index contributed by atoms with van der Waals surface area (Å²) in [7, 11) is 0. The third-order valence-corrected chi connectivity index (χ3v) is 4.56. The van der Waals surface area contributed by atoms with E-state index in [0.717, 1.165) is 35.5 Å². The van der Waals surface area contributed by atoms with E-state index >= 15 is 0 Å². The Bertz CT molecular complexity index is 304. The number of carboxylic acid groups (broad SMARTS) is 2. The normalized spacial score (nSPS) is 13.5. The highest BCUT2D eigenvalue weighted by Crippen LogP contribution is 2.22. The van der Waals surface area contributed by atoms with Gasteiger partial charge in [-0.25, -0.2) is 0 Å². The molecule has 0 aromatic carbocycles. The van der Waals surface area contributed by atoms with E-state index in [2.05, 4.69) is 80.7 Å². The van der Waals surface area contributed by atoms with E-state index in [1.54, 1.807) is 0 Å². The molecule has 0 aliphatic rings. The Morgan fingerprint density at radius 1 is 0.538 bits per heavy atom. The molecule has 0 aromatic rings. The fourth-order valence-corrected chi connectivity index (χ4v) is 4.17. The van der Waals surface area contributed by atoms with Crippen molar-refractivity contribution in [2.75, 3.05) is 0 Å². The van der Waals surface area contributed by atoms with Crippen LogP contribution in [0.5, 0.6) is 0 Å². The first-order chi connectivity index (χ1) is 11.6. The SMILES string of the molecule is CC(C)C(C(C)C)C(C)[NH3+].CC(C)C(C(C)C)C(C)[NH3+].O=C([O-])C(=O)[O-]. The molecule has 0 saturated carbocycles. The second-order valence-electron chi connectivity index (χ2n) is 8.66. The van der Waals surface area contributed by atoms with E-state index in [1.807, 2.05) is 0 Å². The second-order valence-corrected chi connectivity index (χ2v) is 8.66. The van der Waals surface area contributed by atoms with Gasteiger partial charge in [0.2, 0.25) is 0 Å². The number of quaternary nitrogens is 2. The van der Waals surface area contributed by atoms with Gasteiger partial charge in [0.25, 0.3) is 0 Å². The van der Waals surface area contributed by atoms with E-state index in [-0.39, 0.29) is 0 Å². The molecule has 0 aliphatic heterocycles. The van der Waals surface area contributed by atoms with Crippen molar-refractivity contribution in [2.45, 2.75) is 81.3 Å². The first kappa shape index (κ1) is 29.6. The Hall–Kier alpha value is -1.14. The average Bonchev–Trinajstić information content (AvgIpc) is 2.36. The fourth-order valence-electron chi connectivity index (χ4n) is 4.17. The van der Waals surface area contributed by atoms with Crippen LogP contribution >= 0.6 is 0 Å². The number of carbonyl (C=O) groups is 2. The van der Waals surface area contributed by atoms with Gasteiger partial charge < -0.3 is 31.3 Å². The van der Waals surface area contributed by atoms with Gasteiger partial charge in [-0.3, -0.25) is 0 Å². The molecular weight excluding hydrogens is 332 g/mol. The summed E-state index contributed by atoms with van der Waals surface area (Å²) >= 11 is 0. The molecule has 2 atom stereocenters. The maximum Gasteiger partial charge on any atom is 0.0870 e. The van der Waals surface area contributed by atoms with Crippen molar-refractivity contribution in [1.29, 1.82) is 0 Å². The predicted molar refractivity (Wildman–Crippen MR) is 101 cm³/mol. The third-order valence-electron chi connectivity index (χ3n) is 4.56. The van der Waals surface area contributed by atoms with Crippen LogP contribution in [0, 0.1) is 35.5 Å². The van der Waals surface area contributed by atoms with E-state index < -0.39 is 11.9 Å². The van der Waals surface area contributed by atoms with Gasteiger partial charge in [0, 0.05) is 11.8 Å². The smallest absolute Gasteiger partial charge is 0.0870 e. The lowest BCUT2D eigenvalue weighted by atomic mass is 9.81. The molecular formula is C20H44N2O4. The first-order valence-electron chi connectivity index (χ1n) is 9.66. The zero-order valence-corrected chi connectivity index (χ0v) is 18.7. The molecule has 158 valence electrons. The van der Waals surface area contributed by atoms with E-state index in [1.165, 1.54) is 0 Å². The molecule has 0 spiro atoms. The van der Waals surface area contributed by atoms with Crippen molar-refractivity contribution in [2.24, 2.45) is 35.5 Å². The summed E-state index contributed by atoms with van der Waals surface area (Å²) in [5.74, 6) is 0.269.